The van der Waals surface area contributed by atoms with E-state index in [1.165, 1.54) is 0 Å². The topological polar surface area (TPSA) is 81.4 Å². The third-order valence-corrected chi connectivity index (χ3v) is 4.50. The van der Waals surface area contributed by atoms with Gasteiger partial charge in [-0.3, -0.25) is 4.79 Å². The van der Waals surface area contributed by atoms with E-state index < -0.39 is 5.97 Å². The van der Waals surface area contributed by atoms with E-state index in [1.54, 1.807) is 30.5 Å². The minimum Gasteiger partial charge on any atom is -0.452 e. The highest BCUT2D eigenvalue weighted by Gasteiger charge is 2.24. The largest absolute Gasteiger partial charge is 0.452 e. The molecule has 1 aromatic heterocycles. The van der Waals surface area contributed by atoms with Gasteiger partial charge in [-0.05, 0) is 31.9 Å². The molecule has 0 spiro atoms. The van der Waals surface area contributed by atoms with Gasteiger partial charge in [-0.2, -0.15) is 0 Å². The van der Waals surface area contributed by atoms with Crippen LogP contribution in [0.1, 0.15) is 28.8 Å². The molecule has 1 aliphatic rings. The van der Waals surface area contributed by atoms with E-state index in [4.69, 9.17) is 9.15 Å². The Labute approximate surface area is 162 Å². The highest BCUT2D eigenvalue weighted by Crippen LogP contribution is 2.28. The SMILES string of the molecule is Cc1ccc(-c2cnc(-c3ccccc3C(=O)OCC(=O)NC3CC3)o2)cc1. The molecular weight excluding hydrogens is 356 g/mol. The lowest BCUT2D eigenvalue weighted by atomic mass is 10.1. The van der Waals surface area contributed by atoms with Crippen LogP contribution in [0.3, 0.4) is 0 Å². The lowest BCUT2D eigenvalue weighted by Crippen LogP contribution is -2.30. The molecule has 6 heteroatoms. The smallest absolute Gasteiger partial charge is 0.339 e. The molecule has 6 nitrogen and oxygen atoms in total. The van der Waals surface area contributed by atoms with E-state index in [9.17, 15) is 9.59 Å². The van der Waals surface area contributed by atoms with Gasteiger partial charge < -0.3 is 14.5 Å². The van der Waals surface area contributed by atoms with E-state index in [1.807, 2.05) is 31.2 Å². The van der Waals surface area contributed by atoms with Gasteiger partial charge in [0.25, 0.3) is 5.91 Å². The van der Waals surface area contributed by atoms with Crippen LogP contribution in [0.2, 0.25) is 0 Å². The molecule has 1 N–H and O–H groups in total. The Hall–Kier alpha value is -3.41. The molecule has 1 heterocycles. The van der Waals surface area contributed by atoms with Gasteiger partial charge in [0.2, 0.25) is 5.89 Å². The summed E-state index contributed by atoms with van der Waals surface area (Å²) in [5, 5.41) is 2.79. The molecule has 0 atom stereocenters. The van der Waals surface area contributed by atoms with Gasteiger partial charge in [0.1, 0.15) is 0 Å². The quantitative estimate of drug-likeness (QED) is 0.663. The second kappa shape index (κ2) is 7.68. The van der Waals surface area contributed by atoms with Crippen molar-refractivity contribution in [1.82, 2.24) is 10.3 Å². The zero-order valence-corrected chi connectivity index (χ0v) is 15.5. The Bertz CT molecular complexity index is 1000. The Balaban J connectivity index is 1.51. The summed E-state index contributed by atoms with van der Waals surface area (Å²) >= 11 is 0. The van der Waals surface area contributed by atoms with Crippen molar-refractivity contribution in [1.29, 1.82) is 0 Å². The summed E-state index contributed by atoms with van der Waals surface area (Å²) < 4.78 is 11.0. The van der Waals surface area contributed by atoms with Crippen LogP contribution in [0, 0.1) is 6.92 Å². The van der Waals surface area contributed by atoms with Gasteiger partial charge >= 0.3 is 5.97 Å². The first-order valence-electron chi connectivity index (χ1n) is 9.19. The predicted octanol–water partition coefficient (Wildman–Crippen LogP) is 3.75. The maximum Gasteiger partial charge on any atom is 0.339 e. The number of ether oxygens (including phenoxy) is 1. The van der Waals surface area contributed by atoms with Crippen LogP contribution < -0.4 is 5.32 Å². The van der Waals surface area contributed by atoms with Crippen LogP contribution >= 0.6 is 0 Å². The van der Waals surface area contributed by atoms with E-state index in [0.717, 1.165) is 24.0 Å². The number of benzene rings is 2. The minimum atomic E-state index is -0.586. The fraction of sp³-hybridized carbons (Fsp3) is 0.227. The predicted molar refractivity (Wildman–Crippen MR) is 104 cm³/mol. The Kier molecular flexibility index (Phi) is 4.93. The van der Waals surface area contributed by atoms with Crippen molar-refractivity contribution >= 4 is 11.9 Å². The average Bonchev–Trinajstić information content (AvgIpc) is 3.38. The monoisotopic (exact) mass is 376 g/mol. The van der Waals surface area contributed by atoms with Gasteiger partial charge in [0, 0.05) is 11.6 Å². The molecule has 1 aliphatic carbocycles. The van der Waals surface area contributed by atoms with Gasteiger partial charge in [-0.25, -0.2) is 9.78 Å². The van der Waals surface area contributed by atoms with Crippen LogP contribution in [0.5, 0.6) is 0 Å². The first-order chi connectivity index (χ1) is 13.6. The molecule has 2 aromatic carbocycles. The number of hydrogen-bond donors (Lipinski definition) is 1. The van der Waals surface area contributed by atoms with Gasteiger partial charge in [-0.1, -0.05) is 42.0 Å². The van der Waals surface area contributed by atoms with E-state index >= 15 is 0 Å². The molecule has 0 radical (unpaired) electrons. The van der Waals surface area contributed by atoms with Gasteiger partial charge in [-0.15, -0.1) is 0 Å². The number of esters is 1. The fourth-order valence-corrected chi connectivity index (χ4v) is 2.80. The zero-order chi connectivity index (χ0) is 19.5. The van der Waals surface area contributed by atoms with Crippen molar-refractivity contribution < 1.29 is 18.7 Å². The fourth-order valence-electron chi connectivity index (χ4n) is 2.80. The number of rotatable bonds is 6. The number of aromatic nitrogens is 1. The molecule has 0 unspecified atom stereocenters. The Morgan fingerprint density at radius 1 is 1.14 bits per heavy atom. The van der Waals surface area contributed by atoms with Crippen LogP contribution in [0.15, 0.2) is 59.1 Å². The summed E-state index contributed by atoms with van der Waals surface area (Å²) in [4.78, 5) is 28.6. The van der Waals surface area contributed by atoms with E-state index in [-0.39, 0.29) is 18.6 Å². The van der Waals surface area contributed by atoms with Crippen molar-refractivity contribution in [2.45, 2.75) is 25.8 Å². The van der Waals surface area contributed by atoms with Crippen LogP contribution in [-0.2, 0) is 9.53 Å². The van der Waals surface area contributed by atoms with Crippen molar-refractivity contribution in [2.24, 2.45) is 0 Å². The summed E-state index contributed by atoms with van der Waals surface area (Å²) in [5.74, 6) is 0.0651. The molecule has 1 saturated carbocycles. The van der Waals surface area contributed by atoms with Gasteiger partial charge in [0.15, 0.2) is 12.4 Å². The maximum atomic E-state index is 12.5. The Morgan fingerprint density at radius 2 is 1.89 bits per heavy atom. The number of carbonyl (C=O) groups is 2. The lowest BCUT2D eigenvalue weighted by Gasteiger charge is -2.08. The lowest BCUT2D eigenvalue weighted by molar-refractivity contribution is -0.124. The summed E-state index contributed by atoms with van der Waals surface area (Å²) in [6.45, 7) is 1.71. The summed E-state index contributed by atoms with van der Waals surface area (Å²) in [6, 6.07) is 15.0. The highest BCUT2D eigenvalue weighted by atomic mass is 16.5. The first-order valence-corrected chi connectivity index (χ1v) is 9.19. The number of amides is 1. The Morgan fingerprint density at radius 3 is 2.64 bits per heavy atom. The number of nitrogens with one attached hydrogen (secondary N) is 1. The number of oxazole rings is 1. The first kappa shape index (κ1) is 18.0. The molecule has 28 heavy (non-hydrogen) atoms. The van der Waals surface area contributed by atoms with Crippen molar-refractivity contribution in [3.63, 3.8) is 0 Å². The minimum absolute atomic E-state index is 0.228. The zero-order valence-electron chi connectivity index (χ0n) is 15.5. The molecule has 1 amide bonds. The second-order valence-corrected chi connectivity index (χ2v) is 6.86. The van der Waals surface area contributed by atoms with Crippen molar-refractivity contribution in [2.75, 3.05) is 6.61 Å². The third kappa shape index (κ3) is 4.11. The number of carbonyl (C=O) groups excluding carboxylic acids is 2. The summed E-state index contributed by atoms with van der Waals surface area (Å²) in [5.41, 5.74) is 2.89. The van der Waals surface area contributed by atoms with E-state index in [2.05, 4.69) is 10.3 Å². The number of hydrogen-bond acceptors (Lipinski definition) is 5. The molecule has 0 aliphatic heterocycles. The summed E-state index contributed by atoms with van der Waals surface area (Å²) in [7, 11) is 0. The standard InChI is InChI=1S/C22H20N2O4/c1-14-6-8-15(9-7-14)19-12-23-21(28-19)17-4-2-3-5-18(17)22(26)27-13-20(25)24-16-10-11-16/h2-9,12,16H,10-11,13H2,1H3,(H,24,25). The molecule has 3 aromatic rings. The van der Waals surface area contributed by atoms with Gasteiger partial charge in [0.05, 0.1) is 17.3 Å². The van der Waals surface area contributed by atoms with Crippen LogP contribution in [0.4, 0.5) is 0 Å². The molecule has 4 rings (SSSR count). The third-order valence-electron chi connectivity index (χ3n) is 4.50. The molecular formula is C22H20N2O4. The molecule has 1 fully saturated rings. The highest BCUT2D eigenvalue weighted by molar-refractivity contribution is 5.97. The average molecular weight is 376 g/mol. The van der Waals surface area contributed by atoms with Crippen molar-refractivity contribution in [3.05, 3.63) is 65.9 Å². The summed E-state index contributed by atoms with van der Waals surface area (Å²) in [6.07, 6.45) is 3.59. The van der Waals surface area contributed by atoms with Crippen molar-refractivity contribution in [3.8, 4) is 22.8 Å². The van der Waals surface area contributed by atoms with Crippen LogP contribution in [0.25, 0.3) is 22.8 Å². The molecule has 0 saturated heterocycles. The number of nitrogens with zero attached hydrogens (tertiary/aromatic N) is 1. The second-order valence-electron chi connectivity index (χ2n) is 6.86. The molecule has 0 bridgehead atoms. The maximum absolute atomic E-state index is 12.5. The van der Waals surface area contributed by atoms with Crippen LogP contribution in [-0.4, -0.2) is 29.5 Å². The van der Waals surface area contributed by atoms with E-state index in [0.29, 0.717) is 22.8 Å². The number of aryl methyl sites for hydroxylation is 1. The molecule has 142 valence electrons. The normalized spacial score (nSPS) is 13.2.